The Morgan fingerprint density at radius 2 is 1.51 bits per heavy atom. The third-order valence-corrected chi connectivity index (χ3v) is 10.0. The van der Waals surface area contributed by atoms with Crippen molar-refractivity contribution in [3.63, 3.8) is 0 Å². The maximum absolute atomic E-state index is 14.4. The zero-order valence-corrected chi connectivity index (χ0v) is 32.5. The highest BCUT2D eigenvalue weighted by atomic mass is 32.2. The van der Waals surface area contributed by atoms with Crippen LogP contribution >= 0.6 is 11.8 Å². The summed E-state index contributed by atoms with van der Waals surface area (Å²) in [6.45, 7) is 11.1. The van der Waals surface area contributed by atoms with Crippen LogP contribution in [0.1, 0.15) is 70.8 Å². The molecule has 1 N–H and O–H groups in total. The van der Waals surface area contributed by atoms with Crippen molar-refractivity contribution in [1.29, 1.82) is 0 Å². The van der Waals surface area contributed by atoms with Crippen molar-refractivity contribution < 1.29 is 42.9 Å². The van der Waals surface area contributed by atoms with Crippen molar-refractivity contribution in [2.45, 2.75) is 83.2 Å². The number of likely N-dealkylation sites (tertiary alicyclic amines) is 1. The molecular weight excluding hydrogens is 723 g/mol. The van der Waals surface area contributed by atoms with E-state index in [2.05, 4.69) is 5.32 Å². The number of carbonyl (C=O) groups excluding carboxylic acids is 5. The average molecular weight is 768 g/mol. The Bertz CT molecular complexity index is 1980. The normalized spacial score (nSPS) is 19.2. The fourth-order valence-electron chi connectivity index (χ4n) is 6.38. The quantitative estimate of drug-likeness (QED) is 0.0792. The lowest BCUT2D eigenvalue weighted by Gasteiger charge is -2.49. The Kier molecular flexibility index (Phi) is 11.4. The monoisotopic (exact) mass is 767 g/mol. The molecule has 288 valence electrons. The molecule has 3 aromatic carbocycles. The van der Waals surface area contributed by atoms with E-state index in [0.29, 0.717) is 29.9 Å². The van der Waals surface area contributed by atoms with Gasteiger partial charge < -0.3 is 29.2 Å². The van der Waals surface area contributed by atoms with E-state index in [4.69, 9.17) is 18.9 Å². The molecule has 3 amide bonds. The molecule has 0 aromatic heterocycles. The molecule has 13 heteroatoms. The number of hydrogen-bond acceptors (Lipinski definition) is 10. The lowest BCUT2D eigenvalue weighted by molar-refractivity contribution is -0.153. The van der Waals surface area contributed by atoms with Crippen LogP contribution in [-0.2, 0) is 35.1 Å². The Labute approximate surface area is 324 Å². The SMILES string of the molecule is CC(C)(C)OC(=O)N[C@@H]1C(=O)N2C(C(=O)OC(c3ccccc3)c3ccccc3)=C(C=C3CCN(Cc4cccc(OC(=O)OC(C)(C)C)c4)C3=O)CS[C@H]12. The van der Waals surface area contributed by atoms with Gasteiger partial charge in [0.2, 0.25) is 5.91 Å². The lowest BCUT2D eigenvalue weighted by Crippen LogP contribution is -2.70. The molecule has 0 bridgehead atoms. The predicted molar refractivity (Wildman–Crippen MR) is 206 cm³/mol. The van der Waals surface area contributed by atoms with Crippen LogP contribution < -0.4 is 10.1 Å². The molecule has 12 nitrogen and oxygen atoms in total. The number of carbonyl (C=O) groups is 5. The van der Waals surface area contributed by atoms with Crippen LogP contribution in [0, 0.1) is 0 Å². The molecule has 2 fully saturated rings. The van der Waals surface area contributed by atoms with Crippen molar-refractivity contribution in [2.24, 2.45) is 0 Å². The average Bonchev–Trinajstić information content (AvgIpc) is 3.46. The van der Waals surface area contributed by atoms with Gasteiger partial charge in [-0.15, -0.1) is 11.8 Å². The van der Waals surface area contributed by atoms with Gasteiger partial charge in [-0.3, -0.25) is 14.5 Å². The highest BCUT2D eigenvalue weighted by Gasteiger charge is 2.55. The molecular formula is C42H45N3O9S. The van der Waals surface area contributed by atoms with E-state index >= 15 is 0 Å². The predicted octanol–water partition coefficient (Wildman–Crippen LogP) is 7.05. The Morgan fingerprint density at radius 1 is 0.873 bits per heavy atom. The fraction of sp³-hybridized carbons (Fsp3) is 0.357. The molecule has 3 heterocycles. The number of rotatable bonds is 9. The molecule has 6 rings (SSSR count). The number of esters is 1. The topological polar surface area (TPSA) is 141 Å². The summed E-state index contributed by atoms with van der Waals surface area (Å²) in [7, 11) is 0. The highest BCUT2D eigenvalue weighted by molar-refractivity contribution is 8.00. The van der Waals surface area contributed by atoms with Crippen LogP contribution in [0.15, 0.2) is 108 Å². The van der Waals surface area contributed by atoms with Crippen LogP contribution in [-0.4, -0.2) is 74.7 Å². The van der Waals surface area contributed by atoms with E-state index in [-0.39, 0.29) is 23.9 Å². The van der Waals surface area contributed by atoms with Gasteiger partial charge in [0.25, 0.3) is 5.91 Å². The number of β-lactam (4-membered cyclic amide) rings is 1. The minimum absolute atomic E-state index is 0.0265. The molecule has 3 aromatic rings. The number of nitrogens with one attached hydrogen (secondary N) is 1. The van der Waals surface area contributed by atoms with Gasteiger partial charge >= 0.3 is 18.2 Å². The number of hydrogen-bond donors (Lipinski definition) is 1. The summed E-state index contributed by atoms with van der Waals surface area (Å²) in [6, 6.07) is 24.6. The van der Waals surface area contributed by atoms with Crippen molar-refractivity contribution in [3.05, 3.63) is 125 Å². The summed E-state index contributed by atoms with van der Waals surface area (Å²) < 4.78 is 22.3. The van der Waals surface area contributed by atoms with Gasteiger partial charge in [0.05, 0.1) is 0 Å². The first-order valence-electron chi connectivity index (χ1n) is 18.0. The van der Waals surface area contributed by atoms with Crippen LogP contribution in [0.4, 0.5) is 9.59 Å². The fourth-order valence-corrected chi connectivity index (χ4v) is 7.69. The van der Waals surface area contributed by atoms with Gasteiger partial charge in [0, 0.05) is 24.4 Å². The number of benzene rings is 3. The van der Waals surface area contributed by atoms with Gasteiger partial charge in [-0.05, 0) is 88.4 Å². The van der Waals surface area contributed by atoms with E-state index in [1.807, 2.05) is 66.7 Å². The maximum Gasteiger partial charge on any atom is 0.514 e. The lowest BCUT2D eigenvalue weighted by atomic mass is 10.00. The van der Waals surface area contributed by atoms with Gasteiger partial charge in [-0.2, -0.15) is 0 Å². The van der Waals surface area contributed by atoms with Gasteiger partial charge in [-0.25, -0.2) is 14.4 Å². The number of allylic oxidation sites excluding steroid dienone is 1. The summed E-state index contributed by atoms with van der Waals surface area (Å²) in [5.74, 6) is -0.887. The second-order valence-corrected chi connectivity index (χ2v) is 16.5. The van der Waals surface area contributed by atoms with Crippen molar-refractivity contribution in [2.75, 3.05) is 12.3 Å². The van der Waals surface area contributed by atoms with Crippen molar-refractivity contribution >= 4 is 41.8 Å². The highest BCUT2D eigenvalue weighted by Crippen LogP contribution is 2.43. The van der Waals surface area contributed by atoms with E-state index in [1.54, 1.807) is 70.7 Å². The molecule has 2 atom stereocenters. The first-order valence-corrected chi connectivity index (χ1v) is 19.1. The summed E-state index contributed by atoms with van der Waals surface area (Å²) in [4.78, 5) is 69.9. The first-order chi connectivity index (χ1) is 26.1. The number of nitrogens with zero attached hydrogens (tertiary/aromatic N) is 2. The van der Waals surface area contributed by atoms with Crippen molar-refractivity contribution in [1.82, 2.24) is 15.1 Å². The van der Waals surface area contributed by atoms with Gasteiger partial charge in [0.1, 0.15) is 34.1 Å². The van der Waals surface area contributed by atoms with E-state index in [9.17, 15) is 24.0 Å². The van der Waals surface area contributed by atoms with E-state index in [1.165, 1.54) is 16.7 Å². The second-order valence-electron chi connectivity index (χ2n) is 15.4. The van der Waals surface area contributed by atoms with Crippen LogP contribution in [0.25, 0.3) is 0 Å². The molecule has 0 saturated carbocycles. The van der Waals surface area contributed by atoms with Crippen LogP contribution in [0.2, 0.25) is 0 Å². The van der Waals surface area contributed by atoms with Crippen LogP contribution in [0.3, 0.4) is 0 Å². The van der Waals surface area contributed by atoms with Crippen molar-refractivity contribution in [3.8, 4) is 5.75 Å². The number of fused-ring (bicyclic) bond motifs is 1. The summed E-state index contributed by atoms with van der Waals surface area (Å²) in [5, 5.41) is 2.07. The van der Waals surface area contributed by atoms with E-state index in [0.717, 1.165) is 16.7 Å². The summed E-state index contributed by atoms with van der Waals surface area (Å²) in [5.41, 5.74) is 1.71. The molecule has 0 spiro atoms. The first kappa shape index (κ1) is 39.1. The summed E-state index contributed by atoms with van der Waals surface area (Å²) >= 11 is 1.37. The minimum Gasteiger partial charge on any atom is -0.448 e. The third kappa shape index (κ3) is 9.58. The Balaban J connectivity index is 1.27. The minimum atomic E-state index is -0.922. The Hall–Kier alpha value is -5.56. The zero-order chi connectivity index (χ0) is 39.5. The standard InChI is InChI=1S/C42H45N3O9S/c1-41(2,3)53-39(49)43-32-36(47)45-33(38(48)52-34(27-15-9-7-10-16-27)28-17-11-8-12-18-28)30(25-55-37(32)45)23-29-20-21-44(35(29)46)24-26-14-13-19-31(22-26)51-40(50)54-42(4,5)6/h7-19,22-23,32,34,37H,20-21,24-25H2,1-6H3,(H,43,49)/t32-,37-/m1/s1. The van der Waals surface area contributed by atoms with Crippen LogP contribution in [0.5, 0.6) is 5.75 Å². The molecule has 0 unspecified atom stereocenters. The second kappa shape index (κ2) is 16.0. The maximum atomic E-state index is 14.4. The smallest absolute Gasteiger partial charge is 0.448 e. The molecule has 0 radical (unpaired) electrons. The molecule has 3 aliphatic rings. The summed E-state index contributed by atoms with van der Waals surface area (Å²) in [6.07, 6.45) is -0.255. The number of amides is 3. The molecule has 0 aliphatic carbocycles. The van der Waals surface area contributed by atoms with Gasteiger partial charge in [-0.1, -0.05) is 72.8 Å². The zero-order valence-electron chi connectivity index (χ0n) is 31.7. The Morgan fingerprint density at radius 3 is 2.13 bits per heavy atom. The number of thioether (sulfide) groups is 1. The van der Waals surface area contributed by atoms with E-state index < -0.39 is 52.8 Å². The molecule has 55 heavy (non-hydrogen) atoms. The molecule has 2 saturated heterocycles. The molecule has 3 aliphatic heterocycles. The largest absolute Gasteiger partial charge is 0.514 e. The number of ether oxygens (including phenoxy) is 4. The third-order valence-electron chi connectivity index (χ3n) is 8.72. The van der Waals surface area contributed by atoms with Gasteiger partial charge in [0.15, 0.2) is 6.10 Å². The number of alkyl carbamates (subject to hydrolysis) is 1.